The summed E-state index contributed by atoms with van der Waals surface area (Å²) in [7, 11) is 1.86. The van der Waals surface area contributed by atoms with Crippen molar-refractivity contribution in [1.82, 2.24) is 4.90 Å². The monoisotopic (exact) mass is 229 g/mol. The zero-order chi connectivity index (χ0) is 11.8. The minimum Gasteiger partial charge on any atom is -0.461 e. The van der Waals surface area contributed by atoms with Crippen LogP contribution in [0.3, 0.4) is 0 Å². The van der Waals surface area contributed by atoms with E-state index in [0.29, 0.717) is 6.42 Å². The quantitative estimate of drug-likeness (QED) is 0.753. The first-order chi connectivity index (χ1) is 8.24. The fourth-order valence-corrected chi connectivity index (χ4v) is 2.39. The van der Waals surface area contributed by atoms with Gasteiger partial charge in [-0.25, -0.2) is 0 Å². The molecular formula is C14H15NO2. The van der Waals surface area contributed by atoms with Gasteiger partial charge in [0.1, 0.15) is 11.3 Å². The standard InChI is InChI=1S/C14H15NO2/c1-15-7-6-11(9-14(15)16)13-8-10-4-2-3-5-12(10)17-13/h2-5,8,11H,6-7,9H2,1H3. The van der Waals surface area contributed by atoms with Crippen molar-refractivity contribution < 1.29 is 9.21 Å². The summed E-state index contributed by atoms with van der Waals surface area (Å²) >= 11 is 0. The highest BCUT2D eigenvalue weighted by molar-refractivity contribution is 5.80. The molecule has 2 aromatic rings. The van der Waals surface area contributed by atoms with Gasteiger partial charge in [0.15, 0.2) is 0 Å². The van der Waals surface area contributed by atoms with Crippen LogP contribution >= 0.6 is 0 Å². The van der Waals surface area contributed by atoms with E-state index in [-0.39, 0.29) is 11.8 Å². The topological polar surface area (TPSA) is 33.5 Å². The highest BCUT2D eigenvalue weighted by atomic mass is 16.3. The highest BCUT2D eigenvalue weighted by Crippen LogP contribution is 2.32. The minimum absolute atomic E-state index is 0.210. The number of hydrogen-bond donors (Lipinski definition) is 0. The third-order valence-electron chi connectivity index (χ3n) is 3.51. The van der Waals surface area contributed by atoms with Gasteiger partial charge in [-0.1, -0.05) is 18.2 Å². The normalized spacial score (nSPS) is 21.1. The number of likely N-dealkylation sites (tertiary alicyclic amines) is 1. The summed E-state index contributed by atoms with van der Waals surface area (Å²) in [5, 5.41) is 1.12. The van der Waals surface area contributed by atoms with Gasteiger partial charge in [0.25, 0.3) is 0 Å². The average molecular weight is 229 g/mol. The number of fused-ring (bicyclic) bond motifs is 1. The van der Waals surface area contributed by atoms with Crippen LogP contribution in [-0.2, 0) is 4.79 Å². The third kappa shape index (κ3) is 1.82. The molecule has 0 aliphatic carbocycles. The van der Waals surface area contributed by atoms with Crippen molar-refractivity contribution in [2.75, 3.05) is 13.6 Å². The van der Waals surface area contributed by atoms with E-state index in [1.165, 1.54) is 0 Å². The number of carbonyl (C=O) groups excluding carboxylic acids is 1. The van der Waals surface area contributed by atoms with Crippen molar-refractivity contribution in [1.29, 1.82) is 0 Å². The average Bonchev–Trinajstić information content (AvgIpc) is 2.76. The second-order valence-electron chi connectivity index (χ2n) is 4.69. The van der Waals surface area contributed by atoms with Crippen LogP contribution < -0.4 is 0 Å². The van der Waals surface area contributed by atoms with Gasteiger partial charge >= 0.3 is 0 Å². The molecule has 0 radical (unpaired) electrons. The van der Waals surface area contributed by atoms with Crippen LogP contribution in [-0.4, -0.2) is 24.4 Å². The number of piperidine rings is 1. The molecule has 1 aromatic heterocycles. The molecular weight excluding hydrogens is 214 g/mol. The number of nitrogens with zero attached hydrogens (tertiary/aromatic N) is 1. The van der Waals surface area contributed by atoms with Gasteiger partial charge in [0, 0.05) is 31.3 Å². The Morgan fingerprint density at radius 1 is 1.35 bits per heavy atom. The van der Waals surface area contributed by atoms with Crippen LogP contribution in [0, 0.1) is 0 Å². The lowest BCUT2D eigenvalue weighted by atomic mass is 9.94. The molecule has 3 nitrogen and oxygen atoms in total. The van der Waals surface area contributed by atoms with E-state index in [2.05, 4.69) is 6.07 Å². The lowest BCUT2D eigenvalue weighted by Crippen LogP contribution is -2.34. The first-order valence-corrected chi connectivity index (χ1v) is 5.96. The summed E-state index contributed by atoms with van der Waals surface area (Å²) in [6, 6.07) is 10.0. The van der Waals surface area contributed by atoms with Gasteiger partial charge in [-0.2, -0.15) is 0 Å². The number of hydrogen-bond acceptors (Lipinski definition) is 2. The summed E-state index contributed by atoms with van der Waals surface area (Å²) < 4.78 is 5.82. The summed E-state index contributed by atoms with van der Waals surface area (Å²) in [4.78, 5) is 13.5. The van der Waals surface area contributed by atoms with E-state index < -0.39 is 0 Å². The molecule has 0 bridgehead atoms. The van der Waals surface area contributed by atoms with E-state index in [4.69, 9.17) is 4.42 Å². The van der Waals surface area contributed by atoms with E-state index in [1.807, 2.05) is 31.3 Å². The molecule has 1 unspecified atom stereocenters. The van der Waals surface area contributed by atoms with E-state index >= 15 is 0 Å². The van der Waals surface area contributed by atoms with Crippen molar-refractivity contribution in [3.05, 3.63) is 36.1 Å². The van der Waals surface area contributed by atoms with Crippen LogP contribution in [0.2, 0.25) is 0 Å². The number of furan rings is 1. The van der Waals surface area contributed by atoms with Crippen LogP contribution in [0.1, 0.15) is 24.5 Å². The van der Waals surface area contributed by atoms with Crippen LogP contribution in [0.4, 0.5) is 0 Å². The highest BCUT2D eigenvalue weighted by Gasteiger charge is 2.26. The van der Waals surface area contributed by atoms with Crippen molar-refractivity contribution in [2.45, 2.75) is 18.8 Å². The number of benzene rings is 1. The molecule has 1 aliphatic rings. The molecule has 0 spiro atoms. The van der Waals surface area contributed by atoms with Crippen molar-refractivity contribution in [3.63, 3.8) is 0 Å². The Labute approximate surface area is 100 Å². The maximum Gasteiger partial charge on any atom is 0.223 e. The fourth-order valence-electron chi connectivity index (χ4n) is 2.39. The SMILES string of the molecule is CN1CCC(c2cc3ccccc3o2)CC1=O. The van der Waals surface area contributed by atoms with E-state index in [9.17, 15) is 4.79 Å². The number of para-hydroxylation sites is 1. The summed E-state index contributed by atoms with van der Waals surface area (Å²) in [5.74, 6) is 1.40. The van der Waals surface area contributed by atoms with Gasteiger partial charge < -0.3 is 9.32 Å². The second kappa shape index (κ2) is 3.91. The Hall–Kier alpha value is -1.77. The molecule has 0 N–H and O–H groups in total. The Morgan fingerprint density at radius 3 is 2.94 bits per heavy atom. The zero-order valence-electron chi connectivity index (χ0n) is 9.85. The first kappa shape index (κ1) is 10.4. The molecule has 1 atom stereocenters. The van der Waals surface area contributed by atoms with Crippen molar-refractivity contribution >= 4 is 16.9 Å². The summed E-state index contributed by atoms with van der Waals surface area (Å²) in [5.41, 5.74) is 0.911. The Kier molecular flexibility index (Phi) is 2.39. The largest absolute Gasteiger partial charge is 0.461 e. The molecule has 3 rings (SSSR count). The molecule has 1 aliphatic heterocycles. The number of carbonyl (C=O) groups is 1. The molecule has 2 heterocycles. The molecule has 88 valence electrons. The van der Waals surface area contributed by atoms with Gasteiger partial charge in [0.05, 0.1) is 0 Å². The first-order valence-electron chi connectivity index (χ1n) is 5.96. The number of amides is 1. The maximum atomic E-state index is 11.7. The predicted molar refractivity (Wildman–Crippen MR) is 65.8 cm³/mol. The third-order valence-corrected chi connectivity index (χ3v) is 3.51. The summed E-state index contributed by atoms with van der Waals surface area (Å²) in [6.45, 7) is 0.820. The smallest absolute Gasteiger partial charge is 0.223 e. The molecule has 3 heteroatoms. The lowest BCUT2D eigenvalue weighted by molar-refractivity contribution is -0.132. The maximum absolute atomic E-state index is 11.7. The predicted octanol–water partition coefficient (Wildman–Crippen LogP) is 2.77. The molecule has 1 amide bonds. The molecule has 1 fully saturated rings. The van der Waals surface area contributed by atoms with E-state index in [0.717, 1.165) is 29.7 Å². The zero-order valence-corrected chi connectivity index (χ0v) is 9.85. The van der Waals surface area contributed by atoms with Gasteiger partial charge in [-0.05, 0) is 18.6 Å². The van der Waals surface area contributed by atoms with E-state index in [1.54, 1.807) is 4.90 Å². The Bertz CT molecular complexity index is 525. The summed E-state index contributed by atoms with van der Waals surface area (Å²) in [6.07, 6.45) is 1.55. The van der Waals surface area contributed by atoms with Gasteiger partial charge in [-0.15, -0.1) is 0 Å². The minimum atomic E-state index is 0.210. The van der Waals surface area contributed by atoms with Gasteiger partial charge in [-0.3, -0.25) is 4.79 Å². The fraction of sp³-hybridized carbons (Fsp3) is 0.357. The molecule has 1 saturated heterocycles. The van der Waals surface area contributed by atoms with Gasteiger partial charge in [0.2, 0.25) is 5.91 Å². The molecule has 1 aromatic carbocycles. The van der Waals surface area contributed by atoms with Crippen LogP contribution in [0.25, 0.3) is 11.0 Å². The van der Waals surface area contributed by atoms with Crippen molar-refractivity contribution in [3.8, 4) is 0 Å². The van der Waals surface area contributed by atoms with Crippen molar-refractivity contribution in [2.24, 2.45) is 0 Å². The lowest BCUT2D eigenvalue weighted by Gasteiger charge is -2.27. The molecule has 17 heavy (non-hydrogen) atoms. The van der Waals surface area contributed by atoms with Crippen LogP contribution in [0.15, 0.2) is 34.7 Å². The Morgan fingerprint density at radius 2 is 2.18 bits per heavy atom. The van der Waals surface area contributed by atoms with Crippen LogP contribution in [0.5, 0.6) is 0 Å². The number of rotatable bonds is 1. The molecule has 0 saturated carbocycles. The second-order valence-corrected chi connectivity index (χ2v) is 4.69. The Balaban J connectivity index is 1.91.